The van der Waals surface area contributed by atoms with Crippen LogP contribution in [0.5, 0.6) is 0 Å². The summed E-state index contributed by atoms with van der Waals surface area (Å²) < 4.78 is 1.87. The predicted molar refractivity (Wildman–Crippen MR) is 119 cm³/mol. The van der Waals surface area contributed by atoms with Gasteiger partial charge in [-0.3, -0.25) is 9.59 Å². The highest BCUT2D eigenvalue weighted by Gasteiger charge is 2.31. The number of imide groups is 1. The number of fused-ring (bicyclic) bond motifs is 1. The number of allylic oxidation sites excluding steroid dienone is 4. The van der Waals surface area contributed by atoms with E-state index in [2.05, 4.69) is 15.6 Å². The first-order valence-corrected chi connectivity index (χ1v) is 10.1. The molecule has 2 amide bonds. The molecule has 0 bridgehead atoms. The highest BCUT2D eigenvalue weighted by molar-refractivity contribution is 7.71. The highest BCUT2D eigenvalue weighted by Crippen LogP contribution is 2.20. The third kappa shape index (κ3) is 3.57. The standard InChI is InChI=1S/C22H21N5O2S/c1-2-15-12-16-6-5-11-25-19(16)26(22(15)30)27(20(28)17-7-3-9-23-13-17)21(29)18-8-4-10-24-14-18/h3-12,23-24H,2,13-14H2,1H3. The highest BCUT2D eigenvalue weighted by atomic mass is 32.1. The molecule has 4 heterocycles. The van der Waals surface area contributed by atoms with Crippen LogP contribution in [0.4, 0.5) is 0 Å². The first kappa shape index (κ1) is 19.8. The van der Waals surface area contributed by atoms with Crippen molar-refractivity contribution in [2.45, 2.75) is 13.3 Å². The van der Waals surface area contributed by atoms with Crippen molar-refractivity contribution in [3.63, 3.8) is 0 Å². The lowest BCUT2D eigenvalue weighted by atomic mass is 10.1. The van der Waals surface area contributed by atoms with Crippen molar-refractivity contribution in [2.75, 3.05) is 18.1 Å². The van der Waals surface area contributed by atoms with Gasteiger partial charge in [0.05, 0.1) is 0 Å². The lowest BCUT2D eigenvalue weighted by molar-refractivity contribution is -0.125. The summed E-state index contributed by atoms with van der Waals surface area (Å²) in [7, 11) is 0. The van der Waals surface area contributed by atoms with Crippen LogP contribution in [0.3, 0.4) is 0 Å². The summed E-state index contributed by atoms with van der Waals surface area (Å²) in [6.07, 6.45) is 12.7. The Morgan fingerprint density at radius 2 is 1.77 bits per heavy atom. The van der Waals surface area contributed by atoms with Crippen LogP contribution >= 0.6 is 12.2 Å². The van der Waals surface area contributed by atoms with E-state index in [9.17, 15) is 9.59 Å². The van der Waals surface area contributed by atoms with Crippen molar-refractivity contribution < 1.29 is 9.59 Å². The molecule has 2 aliphatic rings. The first-order chi connectivity index (χ1) is 14.6. The Balaban J connectivity index is 1.96. The number of pyridine rings is 2. The smallest absolute Gasteiger partial charge is 0.278 e. The third-order valence-electron chi connectivity index (χ3n) is 4.94. The van der Waals surface area contributed by atoms with E-state index in [0.717, 1.165) is 16.0 Å². The van der Waals surface area contributed by atoms with E-state index in [0.29, 0.717) is 40.9 Å². The van der Waals surface area contributed by atoms with E-state index >= 15 is 0 Å². The summed E-state index contributed by atoms with van der Waals surface area (Å²) in [4.78, 5) is 31.6. The zero-order chi connectivity index (χ0) is 21.1. The molecule has 30 heavy (non-hydrogen) atoms. The average molecular weight is 420 g/mol. The molecule has 0 atom stereocenters. The SMILES string of the molecule is CCc1cc2cccnc2n(N(C(=O)C2=CC=CNC2)C(=O)C2=CC=CNC2)c1=S. The number of aromatic nitrogens is 2. The first-order valence-electron chi connectivity index (χ1n) is 9.68. The minimum absolute atomic E-state index is 0.322. The summed E-state index contributed by atoms with van der Waals surface area (Å²) in [5, 5.41) is 7.96. The van der Waals surface area contributed by atoms with Gasteiger partial charge in [-0.25, -0.2) is 9.66 Å². The zero-order valence-corrected chi connectivity index (χ0v) is 17.3. The third-order valence-corrected chi connectivity index (χ3v) is 5.37. The molecule has 0 aromatic carbocycles. The van der Waals surface area contributed by atoms with Crippen LogP contribution in [0.25, 0.3) is 11.0 Å². The number of carbonyl (C=O) groups is 2. The summed E-state index contributed by atoms with van der Waals surface area (Å²) in [5.41, 5.74) is 2.24. The van der Waals surface area contributed by atoms with Crippen LogP contribution < -0.4 is 15.6 Å². The Morgan fingerprint density at radius 1 is 1.13 bits per heavy atom. The van der Waals surface area contributed by atoms with Crippen LogP contribution in [0, 0.1) is 4.64 Å². The van der Waals surface area contributed by atoms with Gasteiger partial charge >= 0.3 is 0 Å². The fourth-order valence-electron chi connectivity index (χ4n) is 3.38. The Hall–Kier alpha value is -3.52. The quantitative estimate of drug-likeness (QED) is 0.585. The number of aryl methyl sites for hydroxylation is 1. The van der Waals surface area contributed by atoms with E-state index in [-0.39, 0.29) is 0 Å². The molecular weight excluding hydrogens is 398 g/mol. The molecule has 2 aromatic rings. The van der Waals surface area contributed by atoms with Crippen molar-refractivity contribution in [1.82, 2.24) is 20.3 Å². The van der Waals surface area contributed by atoms with Gasteiger partial charge in [0.2, 0.25) is 0 Å². The molecule has 2 aliphatic heterocycles. The maximum Gasteiger partial charge on any atom is 0.278 e. The number of hydrogen-bond donors (Lipinski definition) is 2. The van der Waals surface area contributed by atoms with Gasteiger partial charge in [-0.2, -0.15) is 5.01 Å². The van der Waals surface area contributed by atoms with Gasteiger partial charge in [0.25, 0.3) is 11.8 Å². The molecule has 0 radical (unpaired) electrons. The second-order valence-electron chi connectivity index (χ2n) is 6.84. The van der Waals surface area contributed by atoms with Gasteiger partial charge in [-0.05, 0) is 54.7 Å². The summed E-state index contributed by atoms with van der Waals surface area (Å²) in [5.74, 6) is -0.882. The maximum absolute atomic E-state index is 13.6. The number of nitrogens with zero attached hydrogens (tertiary/aromatic N) is 3. The predicted octanol–water partition coefficient (Wildman–Crippen LogP) is 2.41. The normalized spacial score (nSPS) is 15.1. The Bertz CT molecular complexity index is 1160. The second-order valence-corrected chi connectivity index (χ2v) is 7.23. The van der Waals surface area contributed by atoms with E-state index in [1.165, 1.54) is 4.68 Å². The molecule has 2 aromatic heterocycles. The summed E-state index contributed by atoms with van der Waals surface area (Å²) >= 11 is 5.71. The van der Waals surface area contributed by atoms with Crippen molar-refractivity contribution in [1.29, 1.82) is 0 Å². The number of nitrogens with one attached hydrogen (secondary N) is 2. The zero-order valence-electron chi connectivity index (χ0n) is 16.5. The molecule has 0 fully saturated rings. The van der Waals surface area contributed by atoms with Crippen LogP contribution in [-0.2, 0) is 16.0 Å². The molecule has 0 spiro atoms. The number of amides is 2. The van der Waals surface area contributed by atoms with Gasteiger partial charge in [0.1, 0.15) is 4.64 Å². The molecule has 0 aliphatic carbocycles. The Labute approximate surface area is 179 Å². The van der Waals surface area contributed by atoms with Crippen LogP contribution in [-0.4, -0.2) is 34.6 Å². The van der Waals surface area contributed by atoms with Crippen LogP contribution in [0.15, 0.2) is 72.2 Å². The molecule has 2 N–H and O–H groups in total. The number of carbonyl (C=O) groups excluding carboxylic acids is 2. The van der Waals surface area contributed by atoms with Gasteiger partial charge in [0.15, 0.2) is 5.65 Å². The van der Waals surface area contributed by atoms with Gasteiger partial charge in [-0.1, -0.05) is 31.3 Å². The molecule has 7 nitrogen and oxygen atoms in total. The van der Waals surface area contributed by atoms with E-state index < -0.39 is 11.8 Å². The summed E-state index contributed by atoms with van der Waals surface area (Å²) in [6, 6.07) is 5.68. The Kier molecular flexibility index (Phi) is 5.58. The molecule has 4 rings (SSSR count). The van der Waals surface area contributed by atoms with Gasteiger partial charge in [-0.15, -0.1) is 0 Å². The van der Waals surface area contributed by atoms with Gasteiger partial charge in [0, 0.05) is 35.8 Å². The number of rotatable bonds is 4. The maximum atomic E-state index is 13.6. The molecule has 8 heteroatoms. The molecule has 0 saturated heterocycles. The molecule has 152 valence electrons. The second kappa shape index (κ2) is 8.46. The fraction of sp³-hybridized carbons (Fsp3) is 0.182. The van der Waals surface area contributed by atoms with E-state index in [1.807, 2.05) is 25.1 Å². The minimum Gasteiger partial charge on any atom is -0.387 e. The lowest BCUT2D eigenvalue weighted by Crippen LogP contribution is -2.49. The molecule has 0 saturated carbocycles. The van der Waals surface area contributed by atoms with E-state index in [1.54, 1.807) is 42.9 Å². The summed E-state index contributed by atoms with van der Waals surface area (Å²) in [6.45, 7) is 2.63. The van der Waals surface area contributed by atoms with Crippen molar-refractivity contribution in [2.24, 2.45) is 0 Å². The number of dihydropyridines is 2. The molecular formula is C22H21N5O2S. The topological polar surface area (TPSA) is 79.3 Å². The largest absolute Gasteiger partial charge is 0.387 e. The van der Waals surface area contributed by atoms with Gasteiger partial charge < -0.3 is 10.6 Å². The van der Waals surface area contributed by atoms with Crippen molar-refractivity contribution in [3.05, 3.63) is 82.5 Å². The fourth-order valence-corrected chi connectivity index (χ4v) is 3.75. The lowest BCUT2D eigenvalue weighted by Gasteiger charge is -2.28. The van der Waals surface area contributed by atoms with Crippen molar-refractivity contribution >= 4 is 35.1 Å². The Morgan fingerprint density at radius 3 is 2.30 bits per heavy atom. The monoisotopic (exact) mass is 419 g/mol. The minimum atomic E-state index is -0.441. The molecule has 0 unspecified atom stereocenters. The number of hydrogen-bond acceptors (Lipinski definition) is 6. The van der Waals surface area contributed by atoms with Crippen LogP contribution in [0.2, 0.25) is 0 Å². The average Bonchev–Trinajstić information content (AvgIpc) is 2.81. The van der Waals surface area contributed by atoms with E-state index in [4.69, 9.17) is 12.2 Å². The van der Waals surface area contributed by atoms with Crippen molar-refractivity contribution in [3.8, 4) is 0 Å². The van der Waals surface area contributed by atoms with Crippen LogP contribution in [0.1, 0.15) is 12.5 Å².